The molecule has 0 spiro atoms. The normalized spacial score (nSPS) is 16.8. The third-order valence-corrected chi connectivity index (χ3v) is 7.33. The zero-order chi connectivity index (χ0) is 19.8. The van der Waals surface area contributed by atoms with Gasteiger partial charge < -0.3 is 4.90 Å². The summed E-state index contributed by atoms with van der Waals surface area (Å²) in [6.45, 7) is 4.02. The zero-order valence-corrected chi connectivity index (χ0v) is 18.5. The third-order valence-electron chi connectivity index (χ3n) is 4.67. The maximum atomic E-state index is 13.2. The molecule has 2 aromatic carbocycles. The number of rotatable bonds is 4. The summed E-state index contributed by atoms with van der Waals surface area (Å²) in [6, 6.07) is 15.7. The predicted octanol–water partition coefficient (Wildman–Crippen LogP) is 5.78. The average Bonchev–Trinajstić information content (AvgIpc) is 3.20. The second-order valence-corrected chi connectivity index (χ2v) is 10.3. The molecule has 144 valence electrons. The Morgan fingerprint density at radius 3 is 2.75 bits per heavy atom. The average molecular weight is 448 g/mol. The number of thioether (sulfide) groups is 1. The van der Waals surface area contributed by atoms with Gasteiger partial charge in [-0.1, -0.05) is 52.9 Å². The topological polar surface area (TPSA) is 38.1 Å². The summed E-state index contributed by atoms with van der Waals surface area (Å²) in [6.07, 6.45) is 0.892. The quantitative estimate of drug-likeness (QED) is 0.375. The van der Waals surface area contributed by atoms with Crippen LogP contribution in [-0.4, -0.2) is 27.0 Å². The minimum absolute atomic E-state index is 0.0987. The van der Waals surface area contributed by atoms with Crippen LogP contribution >= 0.6 is 46.9 Å². The second kappa shape index (κ2) is 7.99. The van der Waals surface area contributed by atoms with Gasteiger partial charge in [-0.2, -0.15) is 0 Å². The van der Waals surface area contributed by atoms with E-state index >= 15 is 0 Å². The number of carbonyl (C=O) groups is 1. The van der Waals surface area contributed by atoms with Gasteiger partial charge in [-0.05, 0) is 68.4 Å². The van der Waals surface area contributed by atoms with Crippen LogP contribution in [0.3, 0.4) is 0 Å². The van der Waals surface area contributed by atoms with E-state index in [-0.39, 0.29) is 17.2 Å². The smallest absolute Gasteiger partial charge is 0.240 e. The first-order valence-corrected chi connectivity index (χ1v) is 11.4. The number of carbonyl (C=O) groups excluding carboxylic acids is 1. The molecule has 4 rings (SSSR count). The molecule has 8 heteroatoms. The van der Waals surface area contributed by atoms with Crippen molar-refractivity contribution >= 4 is 58.5 Å². The summed E-state index contributed by atoms with van der Waals surface area (Å²) in [4.78, 5) is 15.1. The molecule has 2 atom stereocenters. The van der Waals surface area contributed by atoms with Crippen LogP contribution < -0.4 is 4.90 Å². The van der Waals surface area contributed by atoms with E-state index in [9.17, 15) is 4.79 Å². The molecule has 1 aliphatic rings. The molecule has 1 aromatic heterocycles. The van der Waals surface area contributed by atoms with Gasteiger partial charge in [-0.25, -0.2) is 4.68 Å². The SMILES string of the molecule is C[C@H](Sc1nn(-c2ccc(Cl)cc2)c(=S)s1)C(=O)N1c2ccccc2C[C@@H]1C. The Labute approximate surface area is 182 Å². The molecule has 0 fully saturated rings. The monoisotopic (exact) mass is 447 g/mol. The molecule has 0 bridgehead atoms. The second-order valence-electron chi connectivity index (χ2n) is 6.67. The molecule has 0 unspecified atom stereocenters. The Kier molecular flexibility index (Phi) is 5.60. The summed E-state index contributed by atoms with van der Waals surface area (Å²) >= 11 is 14.3. The number of hydrogen-bond acceptors (Lipinski definition) is 5. The van der Waals surface area contributed by atoms with Gasteiger partial charge in [0.2, 0.25) is 5.91 Å². The molecular formula is C20H18ClN3OS3. The summed E-state index contributed by atoms with van der Waals surface area (Å²) in [5, 5.41) is 5.01. The fraction of sp³-hybridized carbons (Fsp3) is 0.250. The Bertz CT molecular complexity index is 1080. The Balaban J connectivity index is 1.53. The van der Waals surface area contributed by atoms with Crippen molar-refractivity contribution in [3.8, 4) is 5.69 Å². The van der Waals surface area contributed by atoms with Gasteiger partial charge in [-0.3, -0.25) is 4.79 Å². The Morgan fingerprint density at radius 1 is 1.29 bits per heavy atom. The van der Waals surface area contributed by atoms with E-state index in [1.807, 2.05) is 54.3 Å². The van der Waals surface area contributed by atoms with Crippen LogP contribution in [0.1, 0.15) is 19.4 Å². The van der Waals surface area contributed by atoms with Gasteiger partial charge in [0.15, 0.2) is 8.29 Å². The lowest BCUT2D eigenvalue weighted by molar-refractivity contribution is -0.118. The summed E-state index contributed by atoms with van der Waals surface area (Å²) in [7, 11) is 0. The lowest BCUT2D eigenvalue weighted by atomic mass is 10.1. The van der Waals surface area contributed by atoms with Gasteiger partial charge in [0.05, 0.1) is 10.9 Å². The first kappa shape index (κ1) is 19.6. The van der Waals surface area contributed by atoms with E-state index in [2.05, 4.69) is 18.1 Å². The van der Waals surface area contributed by atoms with Crippen molar-refractivity contribution in [1.82, 2.24) is 9.78 Å². The van der Waals surface area contributed by atoms with E-state index in [1.165, 1.54) is 28.7 Å². The molecule has 3 aromatic rings. The summed E-state index contributed by atoms with van der Waals surface area (Å²) in [5.41, 5.74) is 3.11. The first-order valence-electron chi connectivity index (χ1n) is 8.88. The Morgan fingerprint density at radius 2 is 2.00 bits per heavy atom. The van der Waals surface area contributed by atoms with Crippen LogP contribution in [0.25, 0.3) is 5.69 Å². The van der Waals surface area contributed by atoms with Gasteiger partial charge in [0.25, 0.3) is 0 Å². The summed E-state index contributed by atoms with van der Waals surface area (Å²) < 4.78 is 3.13. The van der Waals surface area contributed by atoms with Crippen LogP contribution in [0, 0.1) is 3.95 Å². The number of nitrogens with zero attached hydrogens (tertiary/aromatic N) is 3. The van der Waals surface area contributed by atoms with E-state index < -0.39 is 0 Å². The molecular weight excluding hydrogens is 430 g/mol. The highest BCUT2D eigenvalue weighted by atomic mass is 35.5. The van der Waals surface area contributed by atoms with Crippen molar-refractivity contribution in [2.45, 2.75) is 35.9 Å². The molecule has 0 aliphatic carbocycles. The number of halogens is 1. The summed E-state index contributed by atoms with van der Waals surface area (Å²) in [5.74, 6) is 0.0987. The van der Waals surface area contributed by atoms with Crippen molar-refractivity contribution in [2.75, 3.05) is 4.90 Å². The highest BCUT2D eigenvalue weighted by Crippen LogP contribution is 2.35. The standard InChI is InChI=1S/C20H18ClN3OS3/c1-12-11-14-5-3-4-6-17(14)23(12)18(25)13(2)27-19-22-24(20(26)28-19)16-9-7-15(21)8-10-16/h3-10,12-13H,11H2,1-2H3/t12-,13-/m0/s1. The van der Waals surface area contributed by atoms with E-state index in [0.29, 0.717) is 8.98 Å². The minimum atomic E-state index is -0.257. The lowest BCUT2D eigenvalue weighted by Gasteiger charge is -2.25. The number of amides is 1. The third kappa shape index (κ3) is 3.76. The maximum Gasteiger partial charge on any atom is 0.240 e. The van der Waals surface area contributed by atoms with E-state index in [0.717, 1.165) is 22.1 Å². The van der Waals surface area contributed by atoms with Crippen LogP contribution in [0.2, 0.25) is 5.02 Å². The minimum Gasteiger partial charge on any atom is -0.308 e. The number of benzene rings is 2. The van der Waals surface area contributed by atoms with Crippen LogP contribution in [0.5, 0.6) is 0 Å². The van der Waals surface area contributed by atoms with Crippen molar-refractivity contribution in [3.05, 3.63) is 63.1 Å². The lowest BCUT2D eigenvalue weighted by Crippen LogP contribution is -2.40. The fourth-order valence-electron chi connectivity index (χ4n) is 3.35. The van der Waals surface area contributed by atoms with Crippen molar-refractivity contribution in [3.63, 3.8) is 0 Å². The number of anilines is 1. The van der Waals surface area contributed by atoms with Gasteiger partial charge >= 0.3 is 0 Å². The highest BCUT2D eigenvalue weighted by molar-refractivity contribution is 8.02. The number of fused-ring (bicyclic) bond motifs is 1. The molecule has 0 N–H and O–H groups in total. The molecule has 2 heterocycles. The number of hydrogen-bond donors (Lipinski definition) is 0. The Hall–Kier alpha value is -1.67. The van der Waals surface area contributed by atoms with Gasteiger partial charge in [-0.15, -0.1) is 5.10 Å². The fourth-order valence-corrected chi connectivity index (χ4v) is 6.03. The molecule has 1 amide bonds. The first-order chi connectivity index (χ1) is 13.4. The van der Waals surface area contributed by atoms with Crippen molar-refractivity contribution < 1.29 is 4.79 Å². The molecule has 0 saturated heterocycles. The molecule has 4 nitrogen and oxygen atoms in total. The van der Waals surface area contributed by atoms with E-state index in [1.54, 1.807) is 4.68 Å². The molecule has 0 radical (unpaired) electrons. The van der Waals surface area contributed by atoms with Crippen LogP contribution in [0.4, 0.5) is 5.69 Å². The molecule has 28 heavy (non-hydrogen) atoms. The highest BCUT2D eigenvalue weighted by Gasteiger charge is 2.33. The number of para-hydroxylation sites is 1. The van der Waals surface area contributed by atoms with Gasteiger partial charge in [0.1, 0.15) is 0 Å². The van der Waals surface area contributed by atoms with E-state index in [4.69, 9.17) is 23.8 Å². The van der Waals surface area contributed by atoms with Crippen LogP contribution in [-0.2, 0) is 11.2 Å². The van der Waals surface area contributed by atoms with Crippen molar-refractivity contribution in [2.24, 2.45) is 0 Å². The molecule has 1 aliphatic heterocycles. The number of aromatic nitrogens is 2. The maximum absolute atomic E-state index is 13.2. The largest absolute Gasteiger partial charge is 0.308 e. The van der Waals surface area contributed by atoms with Crippen molar-refractivity contribution in [1.29, 1.82) is 0 Å². The van der Waals surface area contributed by atoms with Crippen LogP contribution in [0.15, 0.2) is 52.9 Å². The predicted molar refractivity (Wildman–Crippen MR) is 120 cm³/mol. The van der Waals surface area contributed by atoms with Gasteiger partial charge in [0, 0.05) is 16.8 Å². The zero-order valence-electron chi connectivity index (χ0n) is 15.3. The molecule has 0 saturated carbocycles.